The number of rotatable bonds is 3. The van der Waals surface area contributed by atoms with Gasteiger partial charge < -0.3 is 5.32 Å². The van der Waals surface area contributed by atoms with Crippen LogP contribution < -0.4 is 5.32 Å². The van der Waals surface area contributed by atoms with Gasteiger partial charge in [0.2, 0.25) is 0 Å². The minimum Gasteiger partial charge on any atom is -0.303 e. The fraction of sp³-hybridized carbons (Fsp3) is 0.333. The van der Waals surface area contributed by atoms with E-state index < -0.39 is 0 Å². The van der Waals surface area contributed by atoms with Crippen LogP contribution in [-0.2, 0) is 6.42 Å². The van der Waals surface area contributed by atoms with Crippen LogP contribution in [0.15, 0.2) is 35.7 Å². The van der Waals surface area contributed by atoms with E-state index in [0.29, 0.717) is 12.1 Å². The van der Waals surface area contributed by atoms with Gasteiger partial charge in [-0.05, 0) is 54.5 Å². The third kappa shape index (κ3) is 2.20. The van der Waals surface area contributed by atoms with Crippen LogP contribution >= 0.6 is 11.3 Å². The van der Waals surface area contributed by atoms with Gasteiger partial charge in [0.15, 0.2) is 0 Å². The molecule has 1 aliphatic carbocycles. The van der Waals surface area contributed by atoms with Crippen LogP contribution in [0.25, 0.3) is 0 Å². The fourth-order valence-electron chi connectivity index (χ4n) is 2.68. The zero-order chi connectivity index (χ0) is 12.5. The fourth-order valence-corrected chi connectivity index (χ4v) is 3.42. The van der Waals surface area contributed by atoms with E-state index in [2.05, 4.69) is 29.8 Å². The van der Waals surface area contributed by atoms with Crippen molar-refractivity contribution in [3.8, 4) is 0 Å². The average Bonchev–Trinajstić information content (AvgIpc) is 2.98. The predicted molar refractivity (Wildman–Crippen MR) is 73.3 cm³/mol. The Morgan fingerprint density at radius 3 is 3.06 bits per heavy atom. The summed E-state index contributed by atoms with van der Waals surface area (Å²) in [6, 6.07) is 10.1. The minimum absolute atomic E-state index is 0.124. The molecule has 0 radical (unpaired) electrons. The molecule has 2 aromatic rings. The van der Waals surface area contributed by atoms with Crippen molar-refractivity contribution >= 4 is 11.3 Å². The van der Waals surface area contributed by atoms with Crippen molar-refractivity contribution in [2.45, 2.75) is 31.8 Å². The molecule has 18 heavy (non-hydrogen) atoms. The quantitative estimate of drug-likeness (QED) is 0.872. The summed E-state index contributed by atoms with van der Waals surface area (Å²) in [4.78, 5) is 1.35. The summed E-state index contributed by atoms with van der Waals surface area (Å²) in [5, 5.41) is 5.75. The van der Waals surface area contributed by atoms with Gasteiger partial charge >= 0.3 is 0 Å². The first kappa shape index (κ1) is 11.9. The van der Waals surface area contributed by atoms with E-state index in [-0.39, 0.29) is 5.82 Å². The third-order valence-corrected chi connectivity index (χ3v) is 4.66. The van der Waals surface area contributed by atoms with Crippen LogP contribution in [0.4, 0.5) is 4.39 Å². The van der Waals surface area contributed by atoms with Gasteiger partial charge in [-0.2, -0.15) is 0 Å². The summed E-state index contributed by atoms with van der Waals surface area (Å²) < 4.78 is 13.2. The number of fused-ring (bicyclic) bond motifs is 1. The first-order valence-corrected chi connectivity index (χ1v) is 7.20. The van der Waals surface area contributed by atoms with Crippen LogP contribution in [0.1, 0.15) is 41.4 Å². The van der Waals surface area contributed by atoms with Gasteiger partial charge in [0.25, 0.3) is 0 Å². The maximum Gasteiger partial charge on any atom is 0.123 e. The number of benzene rings is 1. The standard InChI is InChI=1S/C15H16FNS/c1-10(15-3-2-8-18-15)17-14-7-4-11-9-12(16)5-6-13(11)14/h2-3,5-6,8-10,14,17H,4,7H2,1H3. The summed E-state index contributed by atoms with van der Waals surface area (Å²) in [6.07, 6.45) is 2.04. The van der Waals surface area contributed by atoms with Gasteiger partial charge in [-0.3, -0.25) is 0 Å². The third-order valence-electron chi connectivity index (χ3n) is 3.60. The molecule has 0 amide bonds. The van der Waals surface area contributed by atoms with Crippen molar-refractivity contribution < 1.29 is 4.39 Å². The van der Waals surface area contributed by atoms with E-state index in [9.17, 15) is 4.39 Å². The Balaban J connectivity index is 1.77. The summed E-state index contributed by atoms with van der Waals surface area (Å²) in [7, 11) is 0. The number of thiophene rings is 1. The van der Waals surface area contributed by atoms with Crippen LogP contribution in [-0.4, -0.2) is 0 Å². The van der Waals surface area contributed by atoms with Crippen LogP contribution in [0.3, 0.4) is 0 Å². The molecular weight excluding hydrogens is 245 g/mol. The number of halogens is 1. The van der Waals surface area contributed by atoms with E-state index in [0.717, 1.165) is 18.4 Å². The zero-order valence-electron chi connectivity index (χ0n) is 10.3. The Morgan fingerprint density at radius 2 is 2.28 bits per heavy atom. The second-order valence-corrected chi connectivity index (χ2v) is 5.82. The van der Waals surface area contributed by atoms with Gasteiger partial charge in [-0.15, -0.1) is 11.3 Å². The van der Waals surface area contributed by atoms with Crippen molar-refractivity contribution in [1.82, 2.24) is 5.32 Å². The Labute approximate surface area is 111 Å². The highest BCUT2D eigenvalue weighted by Gasteiger charge is 2.24. The van der Waals surface area contributed by atoms with E-state index in [1.54, 1.807) is 23.5 Å². The van der Waals surface area contributed by atoms with Gasteiger partial charge in [-0.25, -0.2) is 4.39 Å². The maximum absolute atomic E-state index is 13.2. The Hall–Kier alpha value is -1.19. The molecule has 1 N–H and O–H groups in total. The second kappa shape index (κ2) is 4.82. The lowest BCUT2D eigenvalue weighted by atomic mass is 10.1. The first-order chi connectivity index (χ1) is 8.74. The van der Waals surface area contributed by atoms with Gasteiger partial charge in [0.05, 0.1) is 0 Å². The summed E-state index contributed by atoms with van der Waals surface area (Å²) in [6.45, 7) is 2.19. The Morgan fingerprint density at radius 1 is 1.39 bits per heavy atom. The van der Waals surface area contributed by atoms with Crippen molar-refractivity contribution in [3.63, 3.8) is 0 Å². The monoisotopic (exact) mass is 261 g/mol. The van der Waals surface area contributed by atoms with Crippen LogP contribution in [0, 0.1) is 5.82 Å². The molecule has 0 bridgehead atoms. The molecule has 1 heterocycles. The lowest BCUT2D eigenvalue weighted by molar-refractivity contribution is 0.469. The van der Waals surface area contributed by atoms with Crippen LogP contribution in [0.2, 0.25) is 0 Å². The molecule has 1 aromatic carbocycles. The summed E-state index contributed by atoms with van der Waals surface area (Å²) in [5.74, 6) is -0.124. The summed E-state index contributed by atoms with van der Waals surface area (Å²) in [5.41, 5.74) is 2.42. The topological polar surface area (TPSA) is 12.0 Å². The highest BCUT2D eigenvalue weighted by atomic mass is 32.1. The van der Waals surface area contributed by atoms with Gasteiger partial charge in [0.1, 0.15) is 5.82 Å². The number of nitrogens with one attached hydrogen (secondary N) is 1. The van der Waals surface area contributed by atoms with Crippen LogP contribution in [0.5, 0.6) is 0 Å². The molecule has 2 unspecified atom stereocenters. The molecule has 0 fully saturated rings. The van der Waals surface area contributed by atoms with Gasteiger partial charge in [0, 0.05) is 17.0 Å². The van der Waals surface area contributed by atoms with E-state index >= 15 is 0 Å². The molecule has 2 atom stereocenters. The van der Waals surface area contributed by atoms with Crippen molar-refractivity contribution in [2.24, 2.45) is 0 Å². The highest BCUT2D eigenvalue weighted by Crippen LogP contribution is 2.33. The molecule has 3 rings (SSSR count). The lowest BCUT2D eigenvalue weighted by Gasteiger charge is -2.19. The number of hydrogen-bond acceptors (Lipinski definition) is 2. The smallest absolute Gasteiger partial charge is 0.123 e. The molecule has 0 aliphatic heterocycles. The molecule has 1 aliphatic rings. The Bertz CT molecular complexity index is 535. The molecule has 3 heteroatoms. The second-order valence-electron chi connectivity index (χ2n) is 4.84. The molecule has 1 aromatic heterocycles. The number of aryl methyl sites for hydroxylation is 1. The zero-order valence-corrected chi connectivity index (χ0v) is 11.1. The largest absolute Gasteiger partial charge is 0.303 e. The van der Waals surface area contributed by atoms with Crippen molar-refractivity contribution in [2.75, 3.05) is 0 Å². The van der Waals surface area contributed by atoms with E-state index in [1.165, 1.54) is 10.4 Å². The molecule has 0 saturated heterocycles. The minimum atomic E-state index is -0.124. The molecule has 94 valence electrons. The SMILES string of the molecule is CC(NC1CCc2cc(F)ccc21)c1cccs1. The highest BCUT2D eigenvalue weighted by molar-refractivity contribution is 7.10. The normalized spacial score (nSPS) is 19.8. The van der Waals surface area contributed by atoms with Crippen molar-refractivity contribution in [1.29, 1.82) is 0 Å². The Kier molecular flexibility index (Phi) is 3.18. The van der Waals surface area contributed by atoms with Gasteiger partial charge in [-0.1, -0.05) is 12.1 Å². The predicted octanol–water partition coefficient (Wildman–Crippen LogP) is 4.23. The number of hydrogen-bond donors (Lipinski definition) is 1. The van der Waals surface area contributed by atoms with Crippen molar-refractivity contribution in [3.05, 3.63) is 57.5 Å². The van der Waals surface area contributed by atoms with E-state index in [4.69, 9.17) is 0 Å². The molecule has 0 saturated carbocycles. The summed E-state index contributed by atoms with van der Waals surface area (Å²) >= 11 is 1.78. The molecule has 0 spiro atoms. The average molecular weight is 261 g/mol. The first-order valence-electron chi connectivity index (χ1n) is 6.32. The maximum atomic E-state index is 13.2. The lowest BCUT2D eigenvalue weighted by Crippen LogP contribution is -2.22. The molecule has 1 nitrogen and oxygen atoms in total. The van der Waals surface area contributed by atoms with E-state index in [1.807, 2.05) is 6.07 Å². The molecular formula is C15H16FNS.